The fourth-order valence-corrected chi connectivity index (χ4v) is 3.10. The maximum absolute atomic E-state index is 12.8. The summed E-state index contributed by atoms with van der Waals surface area (Å²) < 4.78 is 38.3. The summed E-state index contributed by atoms with van der Waals surface area (Å²) in [6, 6.07) is 3.23. The number of aromatic amines is 2. The Bertz CT molecular complexity index is 943. The van der Waals surface area contributed by atoms with Crippen LogP contribution >= 0.6 is 0 Å². The molecule has 0 fully saturated rings. The number of benzene rings is 1. The van der Waals surface area contributed by atoms with Crippen LogP contribution in [0, 0.1) is 5.92 Å². The molecule has 2 aromatic heterocycles. The lowest BCUT2D eigenvalue weighted by atomic mass is 9.87. The van der Waals surface area contributed by atoms with Gasteiger partial charge in [-0.1, -0.05) is 0 Å². The molecule has 0 saturated heterocycles. The number of rotatable bonds is 2. The number of amides is 1. The van der Waals surface area contributed by atoms with Crippen molar-refractivity contribution in [3.8, 4) is 0 Å². The zero-order valence-corrected chi connectivity index (χ0v) is 12.9. The number of anilines is 1. The van der Waals surface area contributed by atoms with Gasteiger partial charge >= 0.3 is 6.18 Å². The number of halogens is 3. The number of aryl methyl sites for hydroxylation is 1. The van der Waals surface area contributed by atoms with Gasteiger partial charge in [-0.3, -0.25) is 15.2 Å². The molecule has 1 amide bonds. The molecule has 25 heavy (non-hydrogen) atoms. The van der Waals surface area contributed by atoms with Crippen LogP contribution in [0.25, 0.3) is 11.0 Å². The van der Waals surface area contributed by atoms with Gasteiger partial charge in [0.25, 0.3) is 0 Å². The predicted molar refractivity (Wildman–Crippen MR) is 83.8 cm³/mol. The fourth-order valence-electron chi connectivity index (χ4n) is 3.10. The number of aromatic nitrogens is 4. The normalized spacial score (nSPS) is 17.5. The SMILES string of the molecule is O=C(Nc1nc2ccc(C(F)(F)F)cc2[nH]1)[C@H]1CCc2[nH]ncc2C1. The van der Waals surface area contributed by atoms with E-state index in [1.807, 2.05) is 0 Å². The number of hydrogen-bond donors (Lipinski definition) is 3. The highest BCUT2D eigenvalue weighted by Gasteiger charge is 2.31. The Morgan fingerprint density at radius 1 is 1.32 bits per heavy atom. The first-order chi connectivity index (χ1) is 11.9. The van der Waals surface area contributed by atoms with Gasteiger partial charge in [0.1, 0.15) is 0 Å². The molecule has 1 atom stereocenters. The first-order valence-electron chi connectivity index (χ1n) is 7.79. The van der Waals surface area contributed by atoms with Crippen molar-refractivity contribution >= 4 is 22.9 Å². The number of alkyl halides is 3. The molecule has 3 aromatic rings. The number of imidazole rings is 1. The second-order valence-electron chi connectivity index (χ2n) is 6.12. The Morgan fingerprint density at radius 2 is 2.16 bits per heavy atom. The van der Waals surface area contributed by atoms with Gasteiger partial charge in [-0.15, -0.1) is 0 Å². The van der Waals surface area contributed by atoms with E-state index < -0.39 is 11.7 Å². The van der Waals surface area contributed by atoms with E-state index in [0.717, 1.165) is 29.8 Å². The van der Waals surface area contributed by atoms with Gasteiger partial charge in [0.2, 0.25) is 11.9 Å². The summed E-state index contributed by atoms with van der Waals surface area (Å²) in [6.07, 6.45) is -0.709. The van der Waals surface area contributed by atoms with Crippen molar-refractivity contribution in [1.82, 2.24) is 20.2 Å². The smallest absolute Gasteiger partial charge is 0.324 e. The summed E-state index contributed by atoms with van der Waals surface area (Å²) in [5.41, 5.74) is 1.90. The van der Waals surface area contributed by atoms with Crippen LogP contribution < -0.4 is 5.32 Å². The lowest BCUT2D eigenvalue weighted by molar-refractivity contribution is -0.137. The van der Waals surface area contributed by atoms with Crippen molar-refractivity contribution in [1.29, 1.82) is 0 Å². The third-order valence-electron chi connectivity index (χ3n) is 4.44. The third-order valence-corrected chi connectivity index (χ3v) is 4.44. The maximum atomic E-state index is 12.8. The van der Waals surface area contributed by atoms with Crippen molar-refractivity contribution in [2.75, 3.05) is 5.32 Å². The number of fused-ring (bicyclic) bond motifs is 2. The minimum atomic E-state index is -4.42. The largest absolute Gasteiger partial charge is 0.416 e. The topological polar surface area (TPSA) is 86.5 Å². The minimum Gasteiger partial charge on any atom is -0.324 e. The molecule has 1 aliphatic carbocycles. The van der Waals surface area contributed by atoms with Gasteiger partial charge in [-0.2, -0.15) is 18.3 Å². The second-order valence-corrected chi connectivity index (χ2v) is 6.12. The van der Waals surface area contributed by atoms with Crippen LogP contribution in [-0.4, -0.2) is 26.1 Å². The minimum absolute atomic E-state index is 0.150. The lowest BCUT2D eigenvalue weighted by Crippen LogP contribution is -2.28. The van der Waals surface area contributed by atoms with E-state index in [4.69, 9.17) is 0 Å². The molecule has 0 saturated carbocycles. The average molecular weight is 349 g/mol. The molecule has 1 aromatic carbocycles. The van der Waals surface area contributed by atoms with Gasteiger partial charge in [-0.25, -0.2) is 4.98 Å². The molecule has 6 nitrogen and oxygen atoms in total. The molecule has 4 rings (SSSR count). The molecule has 0 radical (unpaired) electrons. The van der Waals surface area contributed by atoms with Crippen LogP contribution in [0.1, 0.15) is 23.2 Å². The number of hydrogen-bond acceptors (Lipinski definition) is 3. The molecular weight excluding hydrogens is 335 g/mol. The molecule has 130 valence electrons. The average Bonchev–Trinajstić information content (AvgIpc) is 3.18. The Balaban J connectivity index is 1.52. The van der Waals surface area contributed by atoms with E-state index in [1.54, 1.807) is 6.20 Å². The highest BCUT2D eigenvalue weighted by molar-refractivity contribution is 5.93. The fraction of sp³-hybridized carbons (Fsp3) is 0.312. The van der Waals surface area contributed by atoms with Crippen molar-refractivity contribution < 1.29 is 18.0 Å². The Labute approximate surface area is 139 Å². The van der Waals surface area contributed by atoms with E-state index in [9.17, 15) is 18.0 Å². The molecular formula is C16H14F3N5O. The van der Waals surface area contributed by atoms with Crippen LogP contribution in [0.3, 0.4) is 0 Å². The van der Waals surface area contributed by atoms with Crippen LogP contribution in [0.2, 0.25) is 0 Å². The van der Waals surface area contributed by atoms with Crippen molar-refractivity contribution in [2.45, 2.75) is 25.4 Å². The summed E-state index contributed by atoms with van der Waals surface area (Å²) in [4.78, 5) is 19.3. The number of nitrogens with one attached hydrogen (secondary N) is 3. The highest BCUT2D eigenvalue weighted by atomic mass is 19.4. The number of carbonyl (C=O) groups is 1. The van der Waals surface area contributed by atoms with Gasteiger partial charge in [0, 0.05) is 11.6 Å². The summed E-state index contributed by atoms with van der Waals surface area (Å²) in [7, 11) is 0. The highest BCUT2D eigenvalue weighted by Crippen LogP contribution is 2.31. The zero-order chi connectivity index (χ0) is 17.6. The molecule has 9 heteroatoms. The van der Waals surface area contributed by atoms with Crippen molar-refractivity contribution in [3.05, 3.63) is 41.2 Å². The van der Waals surface area contributed by atoms with E-state index >= 15 is 0 Å². The zero-order valence-electron chi connectivity index (χ0n) is 12.9. The van der Waals surface area contributed by atoms with Crippen LogP contribution in [-0.2, 0) is 23.8 Å². The van der Waals surface area contributed by atoms with Crippen molar-refractivity contribution in [2.24, 2.45) is 5.92 Å². The van der Waals surface area contributed by atoms with Crippen molar-refractivity contribution in [3.63, 3.8) is 0 Å². The van der Waals surface area contributed by atoms with E-state index in [1.165, 1.54) is 6.07 Å². The molecule has 2 heterocycles. The monoisotopic (exact) mass is 349 g/mol. The first kappa shape index (κ1) is 15.7. The van der Waals surface area contributed by atoms with Crippen LogP contribution in [0.4, 0.5) is 19.1 Å². The summed E-state index contributed by atoms with van der Waals surface area (Å²) in [5.74, 6) is -0.275. The Hall–Kier alpha value is -2.84. The predicted octanol–water partition coefficient (Wildman–Crippen LogP) is 3.05. The first-order valence-corrected chi connectivity index (χ1v) is 7.79. The van der Waals surface area contributed by atoms with E-state index in [0.29, 0.717) is 18.4 Å². The summed E-state index contributed by atoms with van der Waals surface area (Å²) in [5, 5.41) is 9.55. The number of H-pyrrole nitrogens is 2. The molecule has 0 bridgehead atoms. The molecule has 0 unspecified atom stereocenters. The quantitative estimate of drug-likeness (QED) is 0.665. The van der Waals surface area contributed by atoms with Crippen LogP contribution in [0.15, 0.2) is 24.4 Å². The summed E-state index contributed by atoms with van der Waals surface area (Å²) >= 11 is 0. The second kappa shape index (κ2) is 5.61. The summed E-state index contributed by atoms with van der Waals surface area (Å²) in [6.45, 7) is 0. The third kappa shape index (κ3) is 2.97. The van der Waals surface area contributed by atoms with Gasteiger partial charge in [0.05, 0.1) is 22.8 Å². The molecule has 3 N–H and O–H groups in total. The molecule has 0 spiro atoms. The Kier molecular flexibility index (Phi) is 3.52. The van der Waals surface area contributed by atoms with Gasteiger partial charge in [-0.05, 0) is 43.0 Å². The molecule has 0 aliphatic heterocycles. The van der Waals surface area contributed by atoms with Gasteiger partial charge in [0.15, 0.2) is 0 Å². The Morgan fingerprint density at radius 3 is 2.96 bits per heavy atom. The van der Waals surface area contributed by atoms with Gasteiger partial charge < -0.3 is 4.98 Å². The number of carbonyl (C=O) groups excluding carboxylic acids is 1. The standard InChI is InChI=1S/C16H14F3N5O/c17-16(18,19)10-2-4-12-13(6-10)22-15(21-12)23-14(25)8-1-3-11-9(5-8)7-20-24-11/h2,4,6-8H,1,3,5H2,(H,20,24)(H2,21,22,23,25)/t8-/m0/s1. The van der Waals surface area contributed by atoms with E-state index in [2.05, 4.69) is 25.5 Å². The molecule has 1 aliphatic rings. The lowest BCUT2D eigenvalue weighted by Gasteiger charge is -2.20. The van der Waals surface area contributed by atoms with Crippen LogP contribution in [0.5, 0.6) is 0 Å². The maximum Gasteiger partial charge on any atom is 0.416 e. The number of nitrogens with zero attached hydrogens (tertiary/aromatic N) is 2. The van der Waals surface area contributed by atoms with E-state index in [-0.39, 0.29) is 23.3 Å².